The third kappa shape index (κ3) is 4.05. The lowest BCUT2D eigenvalue weighted by molar-refractivity contribution is 0.207. The van der Waals surface area contributed by atoms with Gasteiger partial charge in [-0.2, -0.15) is 0 Å². The minimum Gasteiger partial charge on any atom is -0.384 e. The van der Waals surface area contributed by atoms with E-state index in [0.717, 1.165) is 22.5 Å². The van der Waals surface area contributed by atoms with Crippen molar-refractivity contribution in [2.24, 2.45) is 0 Å². The molecule has 1 heterocycles. The molecule has 0 saturated heterocycles. The molecule has 0 bridgehead atoms. The number of hydrogen-bond acceptors (Lipinski definition) is 2. The predicted molar refractivity (Wildman–Crippen MR) is 82.7 cm³/mol. The van der Waals surface area contributed by atoms with Crippen LogP contribution in [0, 0.1) is 6.92 Å². The topological polar surface area (TPSA) is 24.9 Å². The summed E-state index contributed by atoms with van der Waals surface area (Å²) < 4.78 is 13.4. The smallest absolute Gasteiger partial charge is 0.107 e. The molecule has 0 aliphatic heterocycles. The van der Waals surface area contributed by atoms with E-state index in [4.69, 9.17) is 0 Å². The molecule has 0 saturated carbocycles. The molecule has 0 spiro atoms. The monoisotopic (exact) mass is 272 g/mol. The normalized spacial score (nSPS) is 11.4. The molecule has 106 valence electrons. The number of pyridine rings is 1. The zero-order chi connectivity index (χ0) is 14.6. The summed E-state index contributed by atoms with van der Waals surface area (Å²) in [5, 5.41) is 3.24. The van der Waals surface area contributed by atoms with E-state index in [9.17, 15) is 4.39 Å². The van der Waals surface area contributed by atoms with Gasteiger partial charge in [0.2, 0.25) is 0 Å². The molecule has 1 N–H and O–H groups in total. The van der Waals surface area contributed by atoms with Gasteiger partial charge in [-0.3, -0.25) is 4.98 Å². The number of aryl methyl sites for hydroxylation is 1. The van der Waals surface area contributed by atoms with Crippen molar-refractivity contribution in [1.29, 1.82) is 0 Å². The third-order valence-electron chi connectivity index (χ3n) is 3.22. The molecule has 1 aromatic carbocycles. The molecular weight excluding hydrogens is 251 g/mol. The van der Waals surface area contributed by atoms with Gasteiger partial charge in [-0.15, -0.1) is 0 Å². The van der Waals surface area contributed by atoms with Crippen LogP contribution in [0.25, 0.3) is 11.1 Å². The van der Waals surface area contributed by atoms with E-state index in [1.807, 2.05) is 25.1 Å². The lowest BCUT2D eigenvalue weighted by Crippen LogP contribution is -2.17. The van der Waals surface area contributed by atoms with Crippen molar-refractivity contribution >= 4 is 5.69 Å². The van der Waals surface area contributed by atoms with E-state index in [1.165, 1.54) is 0 Å². The first-order chi connectivity index (χ1) is 9.46. The molecule has 0 amide bonds. The second-order valence-corrected chi connectivity index (χ2v) is 5.62. The number of halogens is 1. The van der Waals surface area contributed by atoms with Crippen LogP contribution in [0.1, 0.15) is 26.0 Å². The number of benzene rings is 1. The van der Waals surface area contributed by atoms with Gasteiger partial charge in [0, 0.05) is 17.8 Å². The van der Waals surface area contributed by atoms with E-state index in [0.29, 0.717) is 13.0 Å². The number of nitrogens with one attached hydrogen (secondary N) is 1. The molecule has 2 aromatic rings. The molecule has 3 heteroatoms. The van der Waals surface area contributed by atoms with Crippen LogP contribution in [0.2, 0.25) is 0 Å². The lowest BCUT2D eigenvalue weighted by atomic mass is 10.0. The average Bonchev–Trinajstić information content (AvgIpc) is 2.40. The zero-order valence-electron chi connectivity index (χ0n) is 12.3. The summed E-state index contributed by atoms with van der Waals surface area (Å²) in [6.07, 6.45) is 2.27. The summed E-state index contributed by atoms with van der Waals surface area (Å²) in [5.41, 5.74) is 3.03. The maximum absolute atomic E-state index is 13.4. The molecule has 20 heavy (non-hydrogen) atoms. The molecule has 0 radical (unpaired) electrons. The van der Waals surface area contributed by atoms with Crippen LogP contribution in [-0.4, -0.2) is 17.2 Å². The number of anilines is 1. The van der Waals surface area contributed by atoms with Gasteiger partial charge in [-0.1, -0.05) is 30.3 Å². The summed E-state index contributed by atoms with van der Waals surface area (Å²) >= 11 is 0. The highest BCUT2D eigenvalue weighted by molar-refractivity contribution is 5.69. The average molecular weight is 272 g/mol. The fourth-order valence-electron chi connectivity index (χ4n) is 2.04. The summed E-state index contributed by atoms with van der Waals surface area (Å²) in [6, 6.07) is 12.2. The number of rotatable bonds is 5. The van der Waals surface area contributed by atoms with Crippen molar-refractivity contribution < 1.29 is 4.39 Å². The lowest BCUT2D eigenvalue weighted by Gasteiger charge is -2.15. The van der Waals surface area contributed by atoms with E-state index >= 15 is 0 Å². The van der Waals surface area contributed by atoms with Crippen molar-refractivity contribution in [3.63, 3.8) is 0 Å². The van der Waals surface area contributed by atoms with Gasteiger partial charge in [0.15, 0.2) is 0 Å². The maximum atomic E-state index is 13.4. The number of alkyl halides is 1. The van der Waals surface area contributed by atoms with Gasteiger partial charge in [-0.25, -0.2) is 4.39 Å². The van der Waals surface area contributed by atoms with Gasteiger partial charge in [0.05, 0.1) is 11.9 Å². The van der Waals surface area contributed by atoms with E-state index in [1.54, 1.807) is 20.0 Å². The van der Waals surface area contributed by atoms with Crippen molar-refractivity contribution in [3.8, 4) is 11.1 Å². The van der Waals surface area contributed by atoms with Gasteiger partial charge in [0.1, 0.15) is 5.67 Å². The van der Waals surface area contributed by atoms with Crippen LogP contribution in [-0.2, 0) is 0 Å². The highest BCUT2D eigenvalue weighted by Gasteiger charge is 2.14. The van der Waals surface area contributed by atoms with E-state index < -0.39 is 5.67 Å². The van der Waals surface area contributed by atoms with Gasteiger partial charge >= 0.3 is 0 Å². The SMILES string of the molecule is Cc1ncc(NCCC(C)(C)F)cc1-c1ccccc1. The quantitative estimate of drug-likeness (QED) is 0.860. The van der Waals surface area contributed by atoms with Gasteiger partial charge in [-0.05, 0) is 38.8 Å². The van der Waals surface area contributed by atoms with Crippen LogP contribution in [0.15, 0.2) is 42.6 Å². The number of nitrogens with zero attached hydrogens (tertiary/aromatic N) is 1. The van der Waals surface area contributed by atoms with Crippen LogP contribution in [0.4, 0.5) is 10.1 Å². The Morgan fingerprint density at radius 2 is 1.90 bits per heavy atom. The minimum atomic E-state index is -1.15. The first-order valence-electron chi connectivity index (χ1n) is 6.90. The Labute approximate surface area is 120 Å². The fourth-order valence-corrected chi connectivity index (χ4v) is 2.04. The first-order valence-corrected chi connectivity index (χ1v) is 6.90. The molecule has 2 nitrogen and oxygen atoms in total. The molecule has 0 fully saturated rings. The molecule has 0 unspecified atom stereocenters. The highest BCUT2D eigenvalue weighted by atomic mass is 19.1. The first kappa shape index (κ1) is 14.5. The Morgan fingerprint density at radius 3 is 2.55 bits per heavy atom. The van der Waals surface area contributed by atoms with Crippen LogP contribution in [0.3, 0.4) is 0 Å². The Balaban J connectivity index is 2.13. The Hall–Kier alpha value is -1.90. The van der Waals surface area contributed by atoms with Crippen LogP contribution < -0.4 is 5.32 Å². The van der Waals surface area contributed by atoms with Crippen LogP contribution >= 0.6 is 0 Å². The molecule has 1 aromatic heterocycles. The number of hydrogen-bond donors (Lipinski definition) is 1. The predicted octanol–water partition coefficient (Wildman–Crippen LogP) is 4.61. The number of aromatic nitrogens is 1. The standard InChI is InChI=1S/C17H21FN2/c1-13-16(14-7-5-4-6-8-14)11-15(12-20-13)19-10-9-17(2,3)18/h4-8,11-12,19H,9-10H2,1-3H3. The van der Waals surface area contributed by atoms with E-state index in [-0.39, 0.29) is 0 Å². The van der Waals surface area contributed by atoms with Gasteiger partial charge in [0.25, 0.3) is 0 Å². The fraction of sp³-hybridized carbons (Fsp3) is 0.353. The second kappa shape index (κ2) is 6.04. The minimum absolute atomic E-state index is 0.474. The molecular formula is C17H21FN2. The second-order valence-electron chi connectivity index (χ2n) is 5.62. The summed E-state index contributed by atoms with van der Waals surface area (Å²) in [5.74, 6) is 0. The summed E-state index contributed by atoms with van der Waals surface area (Å²) in [7, 11) is 0. The largest absolute Gasteiger partial charge is 0.384 e. The summed E-state index contributed by atoms with van der Waals surface area (Å²) in [4.78, 5) is 4.41. The molecule has 0 atom stereocenters. The van der Waals surface area contributed by atoms with E-state index in [2.05, 4.69) is 28.5 Å². The molecule has 0 aliphatic rings. The molecule has 0 aliphatic carbocycles. The van der Waals surface area contributed by atoms with Crippen molar-refractivity contribution in [2.75, 3.05) is 11.9 Å². The van der Waals surface area contributed by atoms with Crippen LogP contribution in [0.5, 0.6) is 0 Å². The van der Waals surface area contributed by atoms with Crippen molar-refractivity contribution in [3.05, 3.63) is 48.3 Å². The third-order valence-corrected chi connectivity index (χ3v) is 3.22. The van der Waals surface area contributed by atoms with Gasteiger partial charge < -0.3 is 5.32 Å². The summed E-state index contributed by atoms with van der Waals surface area (Å²) in [6.45, 7) is 5.79. The Morgan fingerprint density at radius 1 is 1.20 bits per heavy atom. The molecule has 2 rings (SSSR count). The highest BCUT2D eigenvalue weighted by Crippen LogP contribution is 2.25. The Bertz CT molecular complexity index is 559. The van der Waals surface area contributed by atoms with Crippen molar-refractivity contribution in [1.82, 2.24) is 4.98 Å². The van der Waals surface area contributed by atoms with Crippen molar-refractivity contribution in [2.45, 2.75) is 32.9 Å². The Kier molecular flexibility index (Phi) is 4.38. The zero-order valence-corrected chi connectivity index (χ0v) is 12.3. The maximum Gasteiger partial charge on any atom is 0.107 e.